The number of fused-ring (bicyclic) bond motifs is 1. The van der Waals surface area contributed by atoms with Gasteiger partial charge in [0.1, 0.15) is 5.78 Å². The van der Waals surface area contributed by atoms with Crippen LogP contribution in [0.5, 0.6) is 0 Å². The minimum Gasteiger partial charge on any atom is -0.481 e. The molecule has 2 fully saturated rings. The maximum Gasteiger partial charge on any atom is 0.303 e. The van der Waals surface area contributed by atoms with Crippen LogP contribution in [0.2, 0.25) is 0 Å². The average molecular weight is 322 g/mol. The lowest BCUT2D eigenvalue weighted by molar-refractivity contribution is -0.138. The second-order valence-corrected chi connectivity index (χ2v) is 7.15. The molecule has 4 unspecified atom stereocenters. The molecule has 0 aliphatic heterocycles. The maximum absolute atomic E-state index is 12.3. The molecule has 23 heavy (non-hydrogen) atoms. The minimum absolute atomic E-state index is 0.114. The zero-order chi connectivity index (χ0) is 17.0. The molecular formula is C18H26O5. The summed E-state index contributed by atoms with van der Waals surface area (Å²) in [4.78, 5) is 33.8. The molecule has 2 N–H and O–H groups in total. The molecule has 2 rings (SSSR count). The fourth-order valence-electron chi connectivity index (χ4n) is 4.51. The molecule has 0 saturated heterocycles. The van der Waals surface area contributed by atoms with Gasteiger partial charge in [-0.2, -0.15) is 0 Å². The smallest absolute Gasteiger partial charge is 0.303 e. The van der Waals surface area contributed by atoms with Crippen molar-refractivity contribution in [3.8, 4) is 0 Å². The lowest BCUT2D eigenvalue weighted by Gasteiger charge is -2.44. The van der Waals surface area contributed by atoms with Crippen LogP contribution in [0.15, 0.2) is 12.2 Å². The maximum atomic E-state index is 12.3. The van der Waals surface area contributed by atoms with Crippen molar-refractivity contribution >= 4 is 17.7 Å². The van der Waals surface area contributed by atoms with Gasteiger partial charge in [-0.3, -0.25) is 14.4 Å². The first kappa shape index (κ1) is 17.7. The summed E-state index contributed by atoms with van der Waals surface area (Å²) in [7, 11) is 0. The summed E-state index contributed by atoms with van der Waals surface area (Å²) in [5.41, 5.74) is -0.283. The van der Waals surface area contributed by atoms with Crippen LogP contribution in [0, 0.1) is 23.2 Å². The second kappa shape index (κ2) is 7.28. The third-order valence-electron chi connectivity index (χ3n) is 5.80. The molecule has 0 bridgehead atoms. The summed E-state index contributed by atoms with van der Waals surface area (Å²) in [6.45, 7) is 2.05. The number of carboxylic acids is 2. The van der Waals surface area contributed by atoms with Crippen molar-refractivity contribution in [3.05, 3.63) is 12.2 Å². The van der Waals surface area contributed by atoms with Crippen molar-refractivity contribution in [1.82, 2.24) is 0 Å². The van der Waals surface area contributed by atoms with Crippen LogP contribution >= 0.6 is 0 Å². The molecule has 0 aromatic heterocycles. The first-order chi connectivity index (χ1) is 10.8. The molecule has 0 spiro atoms. The number of hydrogen-bond donors (Lipinski definition) is 2. The highest BCUT2D eigenvalue weighted by Crippen LogP contribution is 2.55. The van der Waals surface area contributed by atoms with Crippen LogP contribution in [-0.2, 0) is 14.4 Å². The van der Waals surface area contributed by atoms with Gasteiger partial charge in [0.15, 0.2) is 0 Å². The van der Waals surface area contributed by atoms with Crippen LogP contribution in [0.4, 0.5) is 0 Å². The Morgan fingerprint density at radius 2 is 1.91 bits per heavy atom. The van der Waals surface area contributed by atoms with E-state index in [2.05, 4.69) is 6.08 Å². The summed E-state index contributed by atoms with van der Waals surface area (Å²) in [5.74, 6) is -0.553. The molecule has 0 heterocycles. The van der Waals surface area contributed by atoms with Crippen LogP contribution in [-0.4, -0.2) is 27.9 Å². The van der Waals surface area contributed by atoms with E-state index in [0.29, 0.717) is 25.0 Å². The van der Waals surface area contributed by atoms with Gasteiger partial charge in [0.25, 0.3) is 0 Å². The van der Waals surface area contributed by atoms with Crippen LogP contribution in [0.3, 0.4) is 0 Å². The molecule has 128 valence electrons. The third kappa shape index (κ3) is 4.01. The summed E-state index contributed by atoms with van der Waals surface area (Å²) in [5, 5.41) is 17.7. The number of rotatable bonds is 7. The summed E-state index contributed by atoms with van der Waals surface area (Å²) in [6, 6.07) is 0. The van der Waals surface area contributed by atoms with Crippen molar-refractivity contribution in [2.45, 2.75) is 58.3 Å². The van der Waals surface area contributed by atoms with E-state index in [9.17, 15) is 14.4 Å². The number of Topliss-reactive ketones (excluding diaryl/α,β-unsaturated/α-hetero) is 1. The van der Waals surface area contributed by atoms with E-state index < -0.39 is 11.9 Å². The monoisotopic (exact) mass is 322 g/mol. The number of carboxylic acid groups (broad SMARTS) is 2. The van der Waals surface area contributed by atoms with E-state index in [1.54, 1.807) is 0 Å². The van der Waals surface area contributed by atoms with Crippen LogP contribution < -0.4 is 0 Å². The first-order valence-electron chi connectivity index (χ1n) is 8.48. The van der Waals surface area contributed by atoms with Crippen LogP contribution in [0.1, 0.15) is 58.3 Å². The zero-order valence-electron chi connectivity index (χ0n) is 13.7. The molecule has 0 amide bonds. The molecule has 5 heteroatoms. The summed E-state index contributed by atoms with van der Waals surface area (Å²) >= 11 is 0. The largest absolute Gasteiger partial charge is 0.481 e. The molecule has 4 atom stereocenters. The highest BCUT2D eigenvalue weighted by atomic mass is 16.4. The van der Waals surface area contributed by atoms with Gasteiger partial charge in [-0.05, 0) is 49.9 Å². The molecule has 5 nitrogen and oxygen atoms in total. The predicted molar refractivity (Wildman–Crippen MR) is 84.9 cm³/mol. The Morgan fingerprint density at radius 1 is 1.22 bits per heavy atom. The number of aliphatic carboxylic acids is 2. The Labute approximate surface area is 136 Å². The van der Waals surface area contributed by atoms with Crippen molar-refractivity contribution in [1.29, 1.82) is 0 Å². The highest BCUT2D eigenvalue weighted by Gasteiger charge is 2.52. The highest BCUT2D eigenvalue weighted by molar-refractivity contribution is 5.87. The SMILES string of the molecule is CC12CCC(C=CCCC(=O)O)C(CCC(=O)O)C1CCC2=O. The molecule has 2 aliphatic carbocycles. The van der Waals surface area contributed by atoms with Gasteiger partial charge in [0, 0.05) is 24.7 Å². The van der Waals surface area contributed by atoms with Gasteiger partial charge in [-0.1, -0.05) is 19.1 Å². The van der Waals surface area contributed by atoms with Gasteiger partial charge in [0.2, 0.25) is 0 Å². The molecule has 0 aromatic carbocycles. The Morgan fingerprint density at radius 3 is 2.57 bits per heavy atom. The van der Waals surface area contributed by atoms with Gasteiger partial charge in [0.05, 0.1) is 0 Å². The van der Waals surface area contributed by atoms with Gasteiger partial charge in [-0.15, -0.1) is 0 Å². The van der Waals surface area contributed by atoms with Crippen molar-refractivity contribution in [2.24, 2.45) is 23.2 Å². The number of allylic oxidation sites excluding steroid dienone is 2. The fraction of sp³-hybridized carbons (Fsp3) is 0.722. The molecular weight excluding hydrogens is 296 g/mol. The number of ketones is 1. The summed E-state index contributed by atoms with van der Waals surface area (Å²) in [6.07, 6.45) is 8.52. The van der Waals surface area contributed by atoms with E-state index in [4.69, 9.17) is 10.2 Å². The van der Waals surface area contributed by atoms with Crippen molar-refractivity contribution < 1.29 is 24.6 Å². The van der Waals surface area contributed by atoms with Crippen molar-refractivity contribution in [2.75, 3.05) is 0 Å². The third-order valence-corrected chi connectivity index (χ3v) is 5.80. The molecule has 2 saturated carbocycles. The topological polar surface area (TPSA) is 91.7 Å². The molecule has 2 aliphatic rings. The van der Waals surface area contributed by atoms with E-state index >= 15 is 0 Å². The second-order valence-electron chi connectivity index (χ2n) is 7.15. The Balaban J connectivity index is 2.09. The van der Waals surface area contributed by atoms with Crippen LogP contribution in [0.25, 0.3) is 0 Å². The van der Waals surface area contributed by atoms with E-state index in [1.807, 2.05) is 13.0 Å². The predicted octanol–water partition coefficient (Wildman–Crippen LogP) is 3.28. The number of carbonyl (C=O) groups is 3. The fourth-order valence-corrected chi connectivity index (χ4v) is 4.51. The van der Waals surface area contributed by atoms with Gasteiger partial charge in [-0.25, -0.2) is 0 Å². The van der Waals surface area contributed by atoms with E-state index in [1.165, 1.54) is 0 Å². The quantitative estimate of drug-likeness (QED) is 0.702. The zero-order valence-corrected chi connectivity index (χ0v) is 13.7. The summed E-state index contributed by atoms with van der Waals surface area (Å²) < 4.78 is 0. The van der Waals surface area contributed by atoms with Gasteiger partial charge < -0.3 is 10.2 Å². The van der Waals surface area contributed by atoms with Crippen molar-refractivity contribution in [3.63, 3.8) is 0 Å². The standard InChI is InChI=1S/C18H26O5/c1-18-11-10-12(4-2-3-5-16(20)21)13(6-9-17(22)23)14(18)7-8-15(18)19/h2,4,12-14H,3,5-11H2,1H3,(H,20,21)(H,22,23). The Kier molecular flexibility index (Phi) is 5.60. The normalized spacial score (nSPS) is 33.8. The van der Waals surface area contributed by atoms with Gasteiger partial charge >= 0.3 is 11.9 Å². The lowest BCUT2D eigenvalue weighted by Crippen LogP contribution is -2.41. The first-order valence-corrected chi connectivity index (χ1v) is 8.48. The Bertz CT molecular complexity index is 510. The Hall–Kier alpha value is -1.65. The van der Waals surface area contributed by atoms with E-state index in [-0.39, 0.29) is 36.0 Å². The number of hydrogen-bond acceptors (Lipinski definition) is 3. The number of carbonyl (C=O) groups excluding carboxylic acids is 1. The van der Waals surface area contributed by atoms with E-state index in [0.717, 1.165) is 19.3 Å². The average Bonchev–Trinajstić information content (AvgIpc) is 2.78. The minimum atomic E-state index is -0.810. The lowest BCUT2D eigenvalue weighted by atomic mass is 9.59. The molecule has 0 aromatic rings. The molecule has 0 radical (unpaired) electrons.